The molecule has 0 radical (unpaired) electrons. The molecule has 3 aromatic carbocycles. The number of nitrogens with two attached hydrogens (primary N) is 1. The molecular weight excluding hydrogens is 1910 g/mol. The lowest BCUT2D eigenvalue weighted by Crippen LogP contribution is -2.48. The van der Waals surface area contributed by atoms with Crippen LogP contribution in [0.25, 0.3) is 44.7 Å². The van der Waals surface area contributed by atoms with Gasteiger partial charge in [-0.1, -0.05) is 89.2 Å². The van der Waals surface area contributed by atoms with Crippen LogP contribution in [0.4, 0.5) is 62.8 Å². The number of hydroxylamine groups is 6. The molecule has 3 amide bonds. The third kappa shape index (κ3) is 19.7. The number of nitrogens with zero attached hydrogens (tertiary/aromatic N) is 20. The van der Waals surface area contributed by atoms with Crippen LogP contribution in [0.2, 0.25) is 0 Å². The standard InChI is InChI=1S/C25H29FN7O5P.C22H21F6N5O8S2.C20H21FN6O5.C15H21FN6O2/c1-3-25-14-33(35-13-10-26)19(20(25)38-39(2)36-12-7-11-27)24(37-25)32-16-30-18-21(28-15-29-22(18)32)31-23(34)17-8-5-4-6-9-17;1-3-20(9-39-42(35,36)21(23,24)25)12(2)15(41-43(37,38)22(26,27)28)19(40-20)33-11-31-14-16(29-10-30-17(14)33)32-18(34)13-7-5-4-6-8-13;21-6-7-31-27-8-20(9-28)15(29)14(27)19(32-20)26-11-24-13-16(22-10-23-17(13)26)25-18(30)12-4-2-1-3-5-12;1-3-15-6-22(23-5-4-16)11(9(15)2)14(24-15)21-8-20-10-12(17)18-7-19-13(10)21/h4-6,8-9,15-16,19-20,24H,3,7,10,12-14H2,1-2H3,(H,28,29,31,34);4-8,10-12,15,19H,3,9H2,1-2H3,(H,29,30,32,34);1-5,10-11,14-15,19,28-29H,6-9H2,(H,22,23,25,30);7-9,11,14H,3-6H2,1-2H3,(H2,17,18,19)/t19-,20+,24-,25+,39?;12-,15-,19+,20-;14-,15+,19-,20-;9-,11+,14+,15-/m1010/s1. The Hall–Kier alpha value is -11.4. The maximum atomic E-state index is 13.3. The van der Waals surface area contributed by atoms with Gasteiger partial charge in [0, 0.05) is 35.2 Å². The average Bonchev–Trinajstić information content (AvgIpc) is 1.55. The predicted octanol–water partition coefficient (Wildman–Crippen LogP) is 8.68. The number of aliphatic hydroxyl groups excluding tert-OH is 2. The van der Waals surface area contributed by atoms with E-state index in [1.807, 2.05) is 35.4 Å². The number of alkyl halides is 9. The number of fused-ring (bicyclic) bond motifs is 10. The summed E-state index contributed by atoms with van der Waals surface area (Å²) in [5.74, 6) is -1.92. The normalized spacial score (nSPS) is 26.5. The molecule has 8 aromatic heterocycles. The highest BCUT2D eigenvalue weighted by molar-refractivity contribution is 7.87. The molecule has 17 atom stereocenters. The Bertz CT molecular complexity index is 6440. The highest BCUT2D eigenvalue weighted by Crippen LogP contribution is 2.57. The number of nitrogen functional groups attached to an aromatic ring is 1. The van der Waals surface area contributed by atoms with Crippen molar-refractivity contribution < 1.29 is 132 Å². The number of nitriles is 1. The number of morpholine rings is 3. The van der Waals surface area contributed by atoms with Gasteiger partial charge in [0.2, 0.25) is 0 Å². The zero-order valence-corrected chi connectivity index (χ0v) is 76.5. The van der Waals surface area contributed by atoms with Crippen molar-refractivity contribution in [1.29, 1.82) is 5.26 Å². The van der Waals surface area contributed by atoms with Gasteiger partial charge >= 0.3 is 31.3 Å². The Kier molecular flexibility index (Phi) is 30.4. The molecule has 18 rings (SSSR count). The van der Waals surface area contributed by atoms with Gasteiger partial charge in [-0.2, -0.15) is 63.6 Å². The fraction of sp³-hybridized carbons (Fsp3) is 0.488. The Balaban J connectivity index is 0.000000142. The number of hydrogen-bond acceptors (Lipinski definition) is 37. The second kappa shape index (κ2) is 41.6. The number of carbonyl (C=O) groups excluding carboxylic acids is 3. The molecule has 11 aromatic rings. The number of aliphatic hydroxyl groups is 2. The van der Waals surface area contributed by atoms with Crippen molar-refractivity contribution in [2.45, 2.75) is 155 Å². The summed E-state index contributed by atoms with van der Waals surface area (Å²) in [4.78, 5) is 105. The third-order valence-corrected chi connectivity index (χ3v) is 27.8. The Morgan fingerprint density at radius 1 is 0.522 bits per heavy atom. The van der Waals surface area contributed by atoms with Gasteiger partial charge < -0.3 is 59.9 Å². The van der Waals surface area contributed by atoms with Crippen LogP contribution in [0, 0.1) is 23.2 Å². The van der Waals surface area contributed by atoms with Gasteiger partial charge in [-0.3, -0.25) is 55.5 Å². The van der Waals surface area contributed by atoms with Crippen molar-refractivity contribution in [3.8, 4) is 6.07 Å². The van der Waals surface area contributed by atoms with E-state index >= 15 is 0 Å². The first-order valence-corrected chi connectivity index (χ1v) is 47.2. The molecule has 740 valence electrons. The van der Waals surface area contributed by atoms with Crippen molar-refractivity contribution in [1.82, 2.24) is 93.3 Å². The van der Waals surface area contributed by atoms with E-state index in [1.54, 1.807) is 93.6 Å². The molecule has 56 heteroatoms. The van der Waals surface area contributed by atoms with Crippen LogP contribution in [0.15, 0.2) is 142 Å². The summed E-state index contributed by atoms with van der Waals surface area (Å²) in [5.41, 5.74) is -6.81. The van der Waals surface area contributed by atoms with E-state index in [0.717, 1.165) is 30.6 Å². The van der Waals surface area contributed by atoms with Crippen LogP contribution in [-0.4, -0.2) is 294 Å². The summed E-state index contributed by atoms with van der Waals surface area (Å²) >= 11 is 0. The summed E-state index contributed by atoms with van der Waals surface area (Å²) < 4.78 is 216. The number of anilines is 4. The molecule has 7 saturated heterocycles. The summed E-state index contributed by atoms with van der Waals surface area (Å²) in [7, 11) is -13.8. The highest BCUT2D eigenvalue weighted by Gasteiger charge is 2.68. The van der Waals surface area contributed by atoms with Gasteiger partial charge in [0.1, 0.15) is 98.0 Å². The van der Waals surface area contributed by atoms with Gasteiger partial charge in [-0.05, 0) is 55.7 Å². The number of ether oxygens (including phenoxy) is 4. The zero-order valence-electron chi connectivity index (χ0n) is 74.0. The zero-order chi connectivity index (χ0) is 98.6. The number of halogens is 9. The van der Waals surface area contributed by atoms with E-state index in [2.05, 4.69) is 104 Å². The van der Waals surface area contributed by atoms with E-state index in [9.17, 15) is 80.9 Å². The minimum atomic E-state index is -6.31. The third-order valence-electron chi connectivity index (χ3n) is 24.6. The molecule has 7 N–H and O–H groups in total. The predicted molar refractivity (Wildman–Crippen MR) is 465 cm³/mol. The molecule has 6 bridgehead atoms. The minimum absolute atomic E-state index is 0.0370. The molecule has 138 heavy (non-hydrogen) atoms. The van der Waals surface area contributed by atoms with Crippen LogP contribution in [0.1, 0.15) is 116 Å². The molecule has 44 nitrogen and oxygen atoms in total. The van der Waals surface area contributed by atoms with E-state index in [1.165, 1.54) is 49.4 Å². The minimum Gasteiger partial charge on any atom is -0.393 e. The summed E-state index contributed by atoms with van der Waals surface area (Å²) in [6.07, 6.45) is 4.66. The van der Waals surface area contributed by atoms with Gasteiger partial charge in [-0.25, -0.2) is 73.0 Å². The van der Waals surface area contributed by atoms with Gasteiger partial charge in [0.25, 0.3) is 17.7 Å². The quantitative estimate of drug-likeness (QED) is 0.00736. The first kappa shape index (κ1) is 101. The number of aromatic nitrogens is 16. The van der Waals surface area contributed by atoms with Crippen LogP contribution in [0.5, 0.6) is 0 Å². The van der Waals surface area contributed by atoms with Gasteiger partial charge in [0.05, 0.1) is 109 Å². The Labute approximate surface area is 780 Å². The van der Waals surface area contributed by atoms with Crippen molar-refractivity contribution in [3.05, 3.63) is 158 Å². The fourth-order valence-corrected chi connectivity index (χ4v) is 19.7. The number of carbonyl (C=O) groups is 3. The summed E-state index contributed by atoms with van der Waals surface area (Å²) in [5, 5.41) is 42.5. The number of amides is 3. The van der Waals surface area contributed by atoms with E-state index in [-0.39, 0.29) is 116 Å². The van der Waals surface area contributed by atoms with Gasteiger partial charge in [0.15, 0.2) is 95.7 Å². The van der Waals surface area contributed by atoms with E-state index in [0.29, 0.717) is 69.9 Å². The molecule has 0 aliphatic carbocycles. The summed E-state index contributed by atoms with van der Waals surface area (Å²) in [6, 6.07) is 26.2. The molecule has 7 aliphatic heterocycles. The second-order valence-corrected chi connectivity index (χ2v) is 36.8. The lowest BCUT2D eigenvalue weighted by Gasteiger charge is -2.36. The van der Waals surface area contributed by atoms with Crippen molar-refractivity contribution >= 4 is 114 Å². The highest BCUT2D eigenvalue weighted by atomic mass is 32.2. The van der Waals surface area contributed by atoms with Crippen molar-refractivity contribution in [2.75, 3.05) is 108 Å². The molecule has 15 heterocycles. The number of imidazole rings is 4. The molecule has 1 unspecified atom stereocenters. The maximum absolute atomic E-state index is 13.3. The molecule has 0 saturated carbocycles. The van der Waals surface area contributed by atoms with Gasteiger partial charge in [-0.15, -0.1) is 0 Å². The van der Waals surface area contributed by atoms with E-state index in [4.69, 9.17) is 53.5 Å². The van der Waals surface area contributed by atoms with Crippen molar-refractivity contribution in [3.63, 3.8) is 0 Å². The fourth-order valence-electron chi connectivity index (χ4n) is 17.5. The topological polar surface area (TPSA) is 532 Å². The number of hydrogen-bond donors (Lipinski definition) is 6. The lowest BCUT2D eigenvalue weighted by molar-refractivity contribution is -0.252. The Morgan fingerprint density at radius 3 is 1.33 bits per heavy atom. The number of nitrogens with one attached hydrogen (secondary N) is 3. The largest absolute Gasteiger partial charge is 0.523 e. The first-order chi connectivity index (χ1) is 66.0. The van der Waals surface area contributed by atoms with Crippen LogP contribution in [-0.2, 0) is 71.1 Å². The lowest BCUT2D eigenvalue weighted by atomic mass is 9.85. The molecule has 0 spiro atoms. The Morgan fingerprint density at radius 2 is 0.913 bits per heavy atom. The van der Waals surface area contributed by atoms with E-state index < -0.39 is 151 Å². The second-order valence-electron chi connectivity index (χ2n) is 32.3. The smallest absolute Gasteiger partial charge is 0.393 e. The maximum Gasteiger partial charge on any atom is 0.523 e. The molecule has 7 fully saturated rings. The number of rotatable bonds is 33. The summed E-state index contributed by atoms with van der Waals surface area (Å²) in [6.45, 7) is 7.94. The average molecular weight is 2000 g/mol. The molecule has 7 aliphatic rings. The molecular formula is C82H92F9N24O20PS2. The van der Waals surface area contributed by atoms with Crippen molar-refractivity contribution in [2.24, 2.45) is 11.8 Å². The number of benzene rings is 3. The van der Waals surface area contributed by atoms with Crippen LogP contribution >= 0.6 is 8.38 Å². The van der Waals surface area contributed by atoms with Crippen LogP contribution < -0.4 is 21.7 Å². The monoisotopic (exact) mass is 2000 g/mol. The SMILES string of the molecule is CC[C@@]1(COS(=O)(=O)C(F)(F)F)O[C@@H](n2cnc3c(NC(=O)c4ccccc4)ncnc32)[C@@H](OS(=O)(=O)C(F)(F)F)[C@@H]1C.CC[C@@]12CN(OCCF)[C@@H]([C@H](n3cnc4c(N)ncnc43)O1)[C@@H]2C.CC[C@@]12CN(OCCF)[C@@H]([C@H](n3cnc4c(NC(=O)c5ccccc5)ncnc43)O1)[C@@H]2OP(C)OCCC#N.O=C(Nc1ncnc2c1ncn2[C@@H]1O[C@@]2(CO)CN(OCCF)[C@@H]1[C@@H]2O)c1ccccc1. The first-order valence-electron chi connectivity index (χ1n) is 42.8. The van der Waals surface area contributed by atoms with Crippen LogP contribution in [0.3, 0.4) is 0 Å².